The summed E-state index contributed by atoms with van der Waals surface area (Å²) in [5.74, 6) is -0.0165. The normalized spacial score (nSPS) is 10.7. The van der Waals surface area contributed by atoms with E-state index in [0.717, 1.165) is 0 Å². The van der Waals surface area contributed by atoms with Crippen molar-refractivity contribution in [3.05, 3.63) is 22.5 Å². The summed E-state index contributed by atoms with van der Waals surface area (Å²) in [4.78, 5) is 20.5. The zero-order chi connectivity index (χ0) is 15.5. The Morgan fingerprint density at radius 3 is 2.43 bits per heavy atom. The van der Waals surface area contributed by atoms with Gasteiger partial charge in [-0.15, -0.1) is 0 Å². The number of carbonyl (C=O) groups excluding carboxylic acids is 1. The van der Waals surface area contributed by atoms with Crippen molar-refractivity contribution in [3.8, 4) is 0 Å². The fraction of sp³-hybridized carbons (Fsp3) is 0.667. The fourth-order valence-electron chi connectivity index (χ4n) is 1.38. The number of carbonyl (C=O) groups is 1. The molecule has 0 saturated carbocycles. The standard InChI is InChI=1S/C12H19N3O6/c1-11(16)10-21-7-6-20-5-4-19-3-2-14-9-12(8-13-14)15(17)18/h8-9H,2-7,10H2,1H3. The Morgan fingerprint density at radius 1 is 1.24 bits per heavy atom. The number of ketones is 1. The van der Waals surface area contributed by atoms with Crippen LogP contribution in [0.25, 0.3) is 0 Å². The van der Waals surface area contributed by atoms with Crippen LogP contribution in [0.1, 0.15) is 6.92 Å². The zero-order valence-corrected chi connectivity index (χ0v) is 11.9. The van der Waals surface area contributed by atoms with E-state index < -0.39 is 4.92 Å². The van der Waals surface area contributed by atoms with Crippen molar-refractivity contribution >= 4 is 11.5 Å². The van der Waals surface area contributed by atoms with Crippen LogP contribution < -0.4 is 0 Å². The van der Waals surface area contributed by atoms with Crippen LogP contribution in [0, 0.1) is 10.1 Å². The van der Waals surface area contributed by atoms with Crippen LogP contribution in [-0.4, -0.2) is 60.1 Å². The van der Waals surface area contributed by atoms with Gasteiger partial charge in [-0.2, -0.15) is 5.10 Å². The molecular formula is C12H19N3O6. The van der Waals surface area contributed by atoms with Crippen molar-refractivity contribution in [2.45, 2.75) is 13.5 Å². The Labute approximate surface area is 121 Å². The van der Waals surface area contributed by atoms with Gasteiger partial charge >= 0.3 is 5.69 Å². The molecule has 1 aromatic rings. The first kappa shape index (κ1) is 17.2. The van der Waals surface area contributed by atoms with Gasteiger partial charge in [-0.05, 0) is 6.92 Å². The summed E-state index contributed by atoms with van der Waals surface area (Å²) in [6, 6.07) is 0. The minimum atomic E-state index is -0.494. The van der Waals surface area contributed by atoms with Crippen molar-refractivity contribution in [3.63, 3.8) is 0 Å². The summed E-state index contributed by atoms with van der Waals surface area (Å²) in [6.45, 7) is 4.01. The maximum atomic E-state index is 10.6. The molecule has 0 spiro atoms. The van der Waals surface area contributed by atoms with E-state index in [1.165, 1.54) is 24.0 Å². The molecule has 0 aliphatic carbocycles. The van der Waals surface area contributed by atoms with Gasteiger partial charge in [0.05, 0.1) is 44.5 Å². The predicted molar refractivity (Wildman–Crippen MR) is 72.0 cm³/mol. The van der Waals surface area contributed by atoms with Gasteiger partial charge in [0.2, 0.25) is 0 Å². The average Bonchev–Trinajstić information content (AvgIpc) is 2.89. The largest absolute Gasteiger partial charge is 0.377 e. The molecular weight excluding hydrogens is 282 g/mol. The number of Topliss-reactive ketones (excluding diaryl/α,β-unsaturated/α-hetero) is 1. The van der Waals surface area contributed by atoms with E-state index in [9.17, 15) is 14.9 Å². The summed E-state index contributed by atoms with van der Waals surface area (Å²) in [5.41, 5.74) is -0.0381. The van der Waals surface area contributed by atoms with Crippen LogP contribution in [0.4, 0.5) is 5.69 Å². The third-order valence-corrected chi connectivity index (χ3v) is 2.34. The molecule has 9 heteroatoms. The second kappa shape index (κ2) is 9.97. The van der Waals surface area contributed by atoms with E-state index in [0.29, 0.717) is 39.6 Å². The molecule has 0 amide bonds. The number of ether oxygens (including phenoxy) is 3. The molecule has 9 nitrogen and oxygen atoms in total. The van der Waals surface area contributed by atoms with Crippen molar-refractivity contribution in [2.24, 2.45) is 0 Å². The molecule has 0 N–H and O–H groups in total. The second-order valence-electron chi connectivity index (χ2n) is 4.20. The molecule has 118 valence electrons. The van der Waals surface area contributed by atoms with E-state index in [-0.39, 0.29) is 18.1 Å². The molecule has 0 unspecified atom stereocenters. The zero-order valence-electron chi connectivity index (χ0n) is 11.9. The minimum Gasteiger partial charge on any atom is -0.377 e. The highest BCUT2D eigenvalue weighted by Gasteiger charge is 2.07. The van der Waals surface area contributed by atoms with Gasteiger partial charge in [0.25, 0.3) is 0 Å². The second-order valence-corrected chi connectivity index (χ2v) is 4.20. The quantitative estimate of drug-likeness (QED) is 0.313. The maximum Gasteiger partial charge on any atom is 0.306 e. The highest BCUT2D eigenvalue weighted by molar-refractivity contribution is 5.76. The molecule has 1 rings (SSSR count). The van der Waals surface area contributed by atoms with E-state index in [1.54, 1.807) is 0 Å². The Bertz CT molecular complexity index is 448. The van der Waals surface area contributed by atoms with Gasteiger partial charge in [-0.3, -0.25) is 19.6 Å². The predicted octanol–water partition coefficient (Wildman–Crippen LogP) is 0.430. The number of nitrogens with zero attached hydrogens (tertiary/aromatic N) is 3. The van der Waals surface area contributed by atoms with E-state index in [2.05, 4.69) is 5.10 Å². The molecule has 0 aromatic carbocycles. The Morgan fingerprint density at radius 2 is 1.86 bits per heavy atom. The monoisotopic (exact) mass is 301 g/mol. The fourth-order valence-corrected chi connectivity index (χ4v) is 1.38. The molecule has 1 heterocycles. The average molecular weight is 301 g/mol. The Kier molecular flexibility index (Phi) is 8.17. The van der Waals surface area contributed by atoms with E-state index in [4.69, 9.17) is 14.2 Å². The first-order valence-electron chi connectivity index (χ1n) is 6.49. The molecule has 0 atom stereocenters. The summed E-state index contributed by atoms with van der Waals surface area (Å²) in [6.07, 6.45) is 2.55. The number of hydrogen-bond acceptors (Lipinski definition) is 7. The van der Waals surface area contributed by atoms with E-state index >= 15 is 0 Å². The van der Waals surface area contributed by atoms with Gasteiger partial charge in [0.1, 0.15) is 19.0 Å². The minimum absolute atomic E-state index is 0.0165. The van der Waals surface area contributed by atoms with Crippen LogP contribution in [0.2, 0.25) is 0 Å². The molecule has 0 saturated heterocycles. The lowest BCUT2D eigenvalue weighted by Gasteiger charge is -2.06. The number of nitro groups is 1. The number of aromatic nitrogens is 2. The molecule has 21 heavy (non-hydrogen) atoms. The SMILES string of the molecule is CC(=O)COCCOCCOCCn1cc([N+](=O)[O-])cn1. The van der Waals surface area contributed by atoms with Crippen LogP contribution in [-0.2, 0) is 25.5 Å². The molecule has 0 fully saturated rings. The summed E-state index contributed by atoms with van der Waals surface area (Å²) >= 11 is 0. The van der Waals surface area contributed by atoms with Crippen LogP contribution in [0.3, 0.4) is 0 Å². The lowest BCUT2D eigenvalue weighted by Crippen LogP contribution is -2.13. The third-order valence-electron chi connectivity index (χ3n) is 2.34. The first-order valence-corrected chi connectivity index (χ1v) is 6.49. The first-order chi connectivity index (χ1) is 10.1. The molecule has 0 aliphatic heterocycles. The highest BCUT2D eigenvalue weighted by atomic mass is 16.6. The number of hydrogen-bond donors (Lipinski definition) is 0. The van der Waals surface area contributed by atoms with Gasteiger partial charge in [0, 0.05) is 0 Å². The van der Waals surface area contributed by atoms with Crippen LogP contribution in [0.15, 0.2) is 12.4 Å². The van der Waals surface area contributed by atoms with Crippen LogP contribution in [0.5, 0.6) is 0 Å². The highest BCUT2D eigenvalue weighted by Crippen LogP contribution is 2.07. The van der Waals surface area contributed by atoms with Gasteiger partial charge < -0.3 is 14.2 Å². The summed E-state index contributed by atoms with van der Waals surface area (Å²) in [5, 5.41) is 14.3. The van der Waals surface area contributed by atoms with Crippen molar-refractivity contribution in [1.29, 1.82) is 0 Å². The molecule has 0 bridgehead atoms. The summed E-state index contributed by atoms with van der Waals surface area (Å²) in [7, 11) is 0. The lowest BCUT2D eigenvalue weighted by atomic mass is 10.5. The Balaban J connectivity index is 1.92. The topological polar surface area (TPSA) is 106 Å². The third kappa shape index (κ3) is 8.12. The molecule has 0 radical (unpaired) electrons. The Hall–Kier alpha value is -1.84. The van der Waals surface area contributed by atoms with Crippen molar-refractivity contribution in [1.82, 2.24) is 9.78 Å². The van der Waals surface area contributed by atoms with Gasteiger partial charge in [0.15, 0.2) is 5.78 Å². The molecule has 0 aliphatic rings. The summed E-state index contributed by atoms with van der Waals surface area (Å²) < 4.78 is 17.0. The molecule has 1 aromatic heterocycles. The van der Waals surface area contributed by atoms with Gasteiger partial charge in [-0.25, -0.2) is 0 Å². The van der Waals surface area contributed by atoms with Gasteiger partial charge in [-0.1, -0.05) is 0 Å². The lowest BCUT2D eigenvalue weighted by molar-refractivity contribution is -0.385. The van der Waals surface area contributed by atoms with Crippen molar-refractivity contribution < 1.29 is 23.9 Å². The van der Waals surface area contributed by atoms with E-state index in [1.807, 2.05) is 0 Å². The smallest absolute Gasteiger partial charge is 0.306 e. The number of rotatable bonds is 12. The maximum absolute atomic E-state index is 10.6. The van der Waals surface area contributed by atoms with Crippen molar-refractivity contribution in [2.75, 3.05) is 39.6 Å². The van der Waals surface area contributed by atoms with Crippen LogP contribution >= 0.6 is 0 Å².